The molecule has 7 nitrogen and oxygen atoms in total. The molecule has 0 bridgehead atoms. The van der Waals surface area contributed by atoms with Crippen LogP contribution in [0.5, 0.6) is 0 Å². The Balaban J connectivity index is 1.44. The molecular formula is C13H14N4O3S. The lowest BCUT2D eigenvalue weighted by Gasteiger charge is -2.05. The number of hydrogen-bond donors (Lipinski definition) is 2. The van der Waals surface area contributed by atoms with Crippen LogP contribution in [0.15, 0.2) is 22.0 Å². The largest absolute Gasteiger partial charge is 0.339 e. The molecule has 0 spiro atoms. The first-order chi connectivity index (χ1) is 10.2. The number of nitrogens with one attached hydrogen (secondary N) is 2. The highest BCUT2D eigenvalue weighted by atomic mass is 32.1. The maximum absolute atomic E-state index is 11.6. The van der Waals surface area contributed by atoms with Gasteiger partial charge in [-0.15, -0.1) is 11.3 Å². The Labute approximate surface area is 124 Å². The van der Waals surface area contributed by atoms with E-state index in [1.165, 1.54) is 11.3 Å². The van der Waals surface area contributed by atoms with Crippen molar-refractivity contribution in [3.05, 3.63) is 23.4 Å². The Bertz CT molecular complexity index is 634. The Kier molecular flexibility index (Phi) is 3.96. The summed E-state index contributed by atoms with van der Waals surface area (Å²) in [5.74, 6) is 0.597. The van der Waals surface area contributed by atoms with Gasteiger partial charge in [0.05, 0.1) is 4.88 Å². The van der Waals surface area contributed by atoms with Crippen LogP contribution in [0.2, 0.25) is 0 Å². The second-order valence-corrected chi connectivity index (χ2v) is 5.75. The summed E-state index contributed by atoms with van der Waals surface area (Å²) < 4.78 is 5.09. The molecule has 0 radical (unpaired) electrons. The van der Waals surface area contributed by atoms with Crippen molar-refractivity contribution in [2.24, 2.45) is 5.92 Å². The molecule has 110 valence electrons. The Morgan fingerprint density at radius 3 is 2.95 bits per heavy atom. The zero-order valence-electron chi connectivity index (χ0n) is 11.2. The molecule has 2 amide bonds. The van der Waals surface area contributed by atoms with E-state index in [0.717, 1.165) is 17.7 Å². The molecule has 21 heavy (non-hydrogen) atoms. The lowest BCUT2D eigenvalue weighted by Crippen LogP contribution is -2.42. The van der Waals surface area contributed by atoms with Crippen LogP contribution in [0.3, 0.4) is 0 Å². The van der Waals surface area contributed by atoms with Gasteiger partial charge in [0.2, 0.25) is 23.5 Å². The predicted molar refractivity (Wildman–Crippen MR) is 74.9 cm³/mol. The molecule has 1 aliphatic carbocycles. The minimum Gasteiger partial charge on any atom is -0.339 e. The lowest BCUT2D eigenvalue weighted by molar-refractivity contribution is -0.129. The minimum absolute atomic E-state index is 0.0644. The SMILES string of the molecule is O=C(CCc1nc(-c2cccs2)no1)NNC(=O)C1CC1. The molecule has 1 aliphatic rings. The number of rotatable bonds is 5. The summed E-state index contributed by atoms with van der Waals surface area (Å²) in [6.07, 6.45) is 2.31. The molecule has 2 aromatic heterocycles. The van der Waals surface area contributed by atoms with E-state index in [1.807, 2.05) is 17.5 Å². The number of amides is 2. The topological polar surface area (TPSA) is 97.1 Å². The summed E-state index contributed by atoms with van der Waals surface area (Å²) in [4.78, 5) is 28.1. The molecule has 0 saturated heterocycles. The van der Waals surface area contributed by atoms with E-state index in [9.17, 15) is 9.59 Å². The summed E-state index contributed by atoms with van der Waals surface area (Å²) in [6.45, 7) is 0. The highest BCUT2D eigenvalue weighted by Gasteiger charge is 2.29. The fourth-order valence-electron chi connectivity index (χ4n) is 1.72. The fourth-order valence-corrected chi connectivity index (χ4v) is 2.37. The van der Waals surface area contributed by atoms with Crippen LogP contribution < -0.4 is 10.9 Å². The minimum atomic E-state index is -0.278. The third-order valence-electron chi connectivity index (χ3n) is 3.05. The van der Waals surface area contributed by atoms with E-state index in [4.69, 9.17) is 4.52 Å². The van der Waals surface area contributed by atoms with Crippen molar-refractivity contribution in [2.45, 2.75) is 25.7 Å². The molecule has 8 heteroatoms. The van der Waals surface area contributed by atoms with Crippen molar-refractivity contribution in [1.29, 1.82) is 0 Å². The van der Waals surface area contributed by atoms with Crippen LogP contribution in [0.4, 0.5) is 0 Å². The standard InChI is InChI=1S/C13H14N4O3S/c18-10(15-16-13(19)8-3-4-8)5-6-11-14-12(17-20-11)9-2-1-7-21-9/h1-2,7-8H,3-6H2,(H,15,18)(H,16,19). The van der Waals surface area contributed by atoms with Gasteiger partial charge in [0.1, 0.15) is 0 Å². The van der Waals surface area contributed by atoms with Crippen LogP contribution in [0.1, 0.15) is 25.2 Å². The van der Waals surface area contributed by atoms with E-state index < -0.39 is 0 Å². The molecule has 1 fully saturated rings. The molecule has 0 aromatic carbocycles. The third kappa shape index (κ3) is 3.66. The zero-order chi connectivity index (χ0) is 14.7. The quantitative estimate of drug-likeness (QED) is 0.811. The number of hydrogen-bond acceptors (Lipinski definition) is 6. The fraction of sp³-hybridized carbons (Fsp3) is 0.385. The second-order valence-electron chi connectivity index (χ2n) is 4.80. The number of carbonyl (C=O) groups is 2. The smallest absolute Gasteiger partial charge is 0.241 e. The van der Waals surface area contributed by atoms with Crippen molar-refractivity contribution < 1.29 is 14.1 Å². The predicted octanol–water partition coefficient (Wildman–Crippen LogP) is 1.29. The van der Waals surface area contributed by atoms with Gasteiger partial charge in [-0.05, 0) is 24.3 Å². The molecular weight excluding hydrogens is 292 g/mol. The van der Waals surface area contributed by atoms with Gasteiger partial charge in [-0.2, -0.15) is 4.98 Å². The van der Waals surface area contributed by atoms with Gasteiger partial charge < -0.3 is 4.52 Å². The molecule has 3 rings (SSSR count). The summed E-state index contributed by atoms with van der Waals surface area (Å²) in [6, 6.07) is 3.81. The summed E-state index contributed by atoms with van der Waals surface area (Å²) in [5, 5.41) is 5.80. The Hall–Kier alpha value is -2.22. The van der Waals surface area contributed by atoms with Crippen molar-refractivity contribution in [1.82, 2.24) is 21.0 Å². The van der Waals surface area contributed by atoms with Crippen LogP contribution in [-0.4, -0.2) is 22.0 Å². The number of aromatic nitrogens is 2. The Morgan fingerprint density at radius 2 is 2.24 bits per heavy atom. The number of nitrogens with zero attached hydrogens (tertiary/aromatic N) is 2. The summed E-state index contributed by atoms with van der Waals surface area (Å²) in [5.41, 5.74) is 4.79. The van der Waals surface area contributed by atoms with Gasteiger partial charge in [0.25, 0.3) is 0 Å². The zero-order valence-corrected chi connectivity index (χ0v) is 12.0. The number of aryl methyl sites for hydroxylation is 1. The van der Waals surface area contributed by atoms with Crippen LogP contribution in [0, 0.1) is 5.92 Å². The number of hydrazine groups is 1. The summed E-state index contributed by atoms with van der Waals surface area (Å²) >= 11 is 1.52. The monoisotopic (exact) mass is 306 g/mol. The van der Waals surface area contributed by atoms with E-state index in [0.29, 0.717) is 18.1 Å². The second kappa shape index (κ2) is 6.04. The van der Waals surface area contributed by atoms with Gasteiger partial charge in [0.15, 0.2) is 0 Å². The lowest BCUT2D eigenvalue weighted by atomic mass is 10.3. The van der Waals surface area contributed by atoms with Gasteiger partial charge >= 0.3 is 0 Å². The molecule has 2 heterocycles. The summed E-state index contributed by atoms with van der Waals surface area (Å²) in [7, 11) is 0. The first-order valence-electron chi connectivity index (χ1n) is 6.67. The average Bonchev–Trinajstić information content (AvgIpc) is 3.01. The Morgan fingerprint density at radius 1 is 1.38 bits per heavy atom. The molecule has 2 N–H and O–H groups in total. The molecule has 1 saturated carbocycles. The maximum Gasteiger partial charge on any atom is 0.241 e. The molecule has 0 aliphatic heterocycles. The van der Waals surface area contributed by atoms with Gasteiger partial charge in [-0.1, -0.05) is 11.2 Å². The maximum atomic E-state index is 11.6. The van der Waals surface area contributed by atoms with Crippen molar-refractivity contribution in [3.63, 3.8) is 0 Å². The van der Waals surface area contributed by atoms with Crippen LogP contribution >= 0.6 is 11.3 Å². The highest BCUT2D eigenvalue weighted by molar-refractivity contribution is 7.13. The van der Waals surface area contributed by atoms with Gasteiger partial charge in [0, 0.05) is 18.8 Å². The van der Waals surface area contributed by atoms with Crippen molar-refractivity contribution >= 4 is 23.2 Å². The van der Waals surface area contributed by atoms with Crippen molar-refractivity contribution in [2.75, 3.05) is 0 Å². The highest BCUT2D eigenvalue weighted by Crippen LogP contribution is 2.28. The molecule has 0 atom stereocenters. The van der Waals surface area contributed by atoms with Crippen molar-refractivity contribution in [3.8, 4) is 10.7 Å². The molecule has 2 aromatic rings. The molecule has 0 unspecified atom stereocenters. The van der Waals surface area contributed by atoms with Gasteiger partial charge in [-0.3, -0.25) is 20.4 Å². The van der Waals surface area contributed by atoms with E-state index >= 15 is 0 Å². The van der Waals surface area contributed by atoms with Crippen LogP contribution in [-0.2, 0) is 16.0 Å². The van der Waals surface area contributed by atoms with E-state index in [-0.39, 0.29) is 24.2 Å². The average molecular weight is 306 g/mol. The number of thiophene rings is 1. The van der Waals surface area contributed by atoms with Gasteiger partial charge in [-0.25, -0.2) is 0 Å². The van der Waals surface area contributed by atoms with E-state index in [1.54, 1.807) is 0 Å². The normalized spacial score (nSPS) is 13.9. The number of carbonyl (C=O) groups excluding carboxylic acids is 2. The first-order valence-corrected chi connectivity index (χ1v) is 7.55. The third-order valence-corrected chi connectivity index (χ3v) is 3.91. The van der Waals surface area contributed by atoms with E-state index in [2.05, 4.69) is 21.0 Å². The van der Waals surface area contributed by atoms with Crippen LogP contribution in [0.25, 0.3) is 10.7 Å². The first kappa shape index (κ1) is 13.7.